The molecule has 0 saturated heterocycles. The molecule has 2 aromatic heterocycles. The van der Waals surface area contributed by atoms with Crippen LogP contribution in [0.4, 0.5) is 0 Å². The van der Waals surface area contributed by atoms with E-state index in [-0.39, 0.29) is 25.5 Å². The number of nitrogens with one attached hydrogen (secondary N) is 1. The lowest BCUT2D eigenvalue weighted by molar-refractivity contribution is -0.142. The lowest BCUT2D eigenvalue weighted by Gasteiger charge is -2.17. The van der Waals surface area contributed by atoms with E-state index >= 15 is 0 Å². The number of halogens is 2. The summed E-state index contributed by atoms with van der Waals surface area (Å²) in [6.45, 7) is 0.249. The molecule has 0 bridgehead atoms. The van der Waals surface area contributed by atoms with E-state index in [1.54, 1.807) is 32.4 Å². The number of carbonyl (C=O) groups is 2. The van der Waals surface area contributed by atoms with E-state index in [2.05, 4.69) is 36.8 Å². The van der Waals surface area contributed by atoms with Gasteiger partial charge in [-0.05, 0) is 70.8 Å². The first-order valence-electron chi connectivity index (χ1n) is 16.3. The van der Waals surface area contributed by atoms with Gasteiger partial charge in [-0.2, -0.15) is 0 Å². The molecule has 2 aliphatic heterocycles. The summed E-state index contributed by atoms with van der Waals surface area (Å²) in [5, 5.41) is 1.92. The summed E-state index contributed by atoms with van der Waals surface area (Å²) < 4.78 is 46.9. The quantitative estimate of drug-likeness (QED) is 0.151. The Hall–Kier alpha value is -5.34. The summed E-state index contributed by atoms with van der Waals surface area (Å²) in [5.74, 6) is 1.28. The molecule has 2 unspecified atom stereocenters. The molecule has 12 nitrogen and oxygen atoms in total. The Morgan fingerprint density at radius 3 is 1.77 bits per heavy atom. The Labute approximate surface area is 321 Å². The molecule has 53 heavy (non-hydrogen) atoms. The van der Waals surface area contributed by atoms with Crippen LogP contribution in [-0.2, 0) is 26.1 Å². The zero-order valence-electron chi connectivity index (χ0n) is 29.3. The van der Waals surface area contributed by atoms with Gasteiger partial charge in [-0.15, -0.1) is 0 Å². The van der Waals surface area contributed by atoms with Gasteiger partial charge in [-0.1, -0.05) is 44.0 Å². The molecule has 4 heterocycles. The van der Waals surface area contributed by atoms with Gasteiger partial charge in [0.1, 0.15) is 11.8 Å². The van der Waals surface area contributed by atoms with Crippen molar-refractivity contribution in [1.82, 2.24) is 9.55 Å². The first-order chi connectivity index (χ1) is 25.6. The van der Waals surface area contributed by atoms with Crippen LogP contribution in [0.5, 0.6) is 34.5 Å². The minimum Gasteiger partial charge on any atom is -0.493 e. The lowest BCUT2D eigenvalue weighted by atomic mass is 9.90. The third-order valence-electron chi connectivity index (χ3n) is 9.18. The third kappa shape index (κ3) is 6.72. The fourth-order valence-electron chi connectivity index (χ4n) is 6.73. The molecule has 274 valence electrons. The van der Waals surface area contributed by atoms with Crippen molar-refractivity contribution in [2.45, 2.75) is 11.8 Å². The van der Waals surface area contributed by atoms with Crippen LogP contribution >= 0.6 is 31.9 Å². The van der Waals surface area contributed by atoms with Crippen LogP contribution in [0, 0.1) is 0 Å². The number of rotatable bonds is 8. The van der Waals surface area contributed by atoms with E-state index in [9.17, 15) is 9.59 Å². The van der Waals surface area contributed by atoms with Crippen molar-refractivity contribution in [3.63, 3.8) is 0 Å². The maximum Gasteiger partial charge on any atom is 0.317 e. The van der Waals surface area contributed by atoms with Crippen molar-refractivity contribution < 1.29 is 47.5 Å². The van der Waals surface area contributed by atoms with Crippen LogP contribution in [0.1, 0.15) is 34.1 Å². The number of hydrogen-bond acceptors (Lipinski definition) is 10. The van der Waals surface area contributed by atoms with Crippen LogP contribution in [0.25, 0.3) is 21.8 Å². The highest BCUT2D eigenvalue weighted by molar-refractivity contribution is 9.10. The fraction of sp³-hybridized carbons (Fsp3) is 0.231. The van der Waals surface area contributed by atoms with Crippen molar-refractivity contribution in [3.8, 4) is 34.5 Å². The Morgan fingerprint density at radius 1 is 0.698 bits per heavy atom. The van der Waals surface area contributed by atoms with Crippen molar-refractivity contribution in [3.05, 3.63) is 104 Å². The molecule has 0 amide bonds. The van der Waals surface area contributed by atoms with Gasteiger partial charge in [-0.25, -0.2) is 0 Å². The van der Waals surface area contributed by atoms with E-state index < -0.39 is 11.8 Å². The van der Waals surface area contributed by atoms with E-state index in [0.29, 0.717) is 40.1 Å². The first kappa shape index (κ1) is 36.0. The third-order valence-corrected chi connectivity index (χ3v) is 10.2. The van der Waals surface area contributed by atoms with Crippen LogP contribution < -0.4 is 28.4 Å². The Morgan fingerprint density at radius 2 is 1.23 bits per heavy atom. The second kappa shape index (κ2) is 15.0. The number of methoxy groups -OCH3 is 4. The molecular formula is C39H34Br2N2O10. The second-order valence-electron chi connectivity index (χ2n) is 12.1. The molecule has 2 atom stereocenters. The average Bonchev–Trinajstić information content (AvgIpc) is 3.98. The highest BCUT2D eigenvalue weighted by Crippen LogP contribution is 2.47. The summed E-state index contributed by atoms with van der Waals surface area (Å²) >= 11 is 6.96. The van der Waals surface area contributed by atoms with Gasteiger partial charge in [0.15, 0.2) is 23.0 Å². The monoisotopic (exact) mass is 848 g/mol. The van der Waals surface area contributed by atoms with E-state index in [1.807, 2.05) is 66.5 Å². The molecule has 14 heteroatoms. The number of carbonyl (C=O) groups excluding carboxylic acids is 2. The molecule has 2 aliphatic rings. The Kier molecular flexibility index (Phi) is 10.2. The van der Waals surface area contributed by atoms with Crippen LogP contribution in [-0.4, -0.2) is 63.5 Å². The summed E-state index contributed by atoms with van der Waals surface area (Å²) in [5.41, 5.74) is 5.05. The van der Waals surface area contributed by atoms with Crippen LogP contribution in [0.3, 0.4) is 0 Å². The van der Waals surface area contributed by atoms with Crippen molar-refractivity contribution in [2.24, 2.45) is 7.05 Å². The summed E-state index contributed by atoms with van der Waals surface area (Å²) in [7, 11) is 7.83. The predicted octanol–water partition coefficient (Wildman–Crippen LogP) is 7.96. The zero-order chi connectivity index (χ0) is 37.4. The van der Waals surface area contributed by atoms with E-state index in [1.165, 1.54) is 14.2 Å². The maximum absolute atomic E-state index is 12.8. The summed E-state index contributed by atoms with van der Waals surface area (Å²) in [6, 6.07) is 19.0. The lowest BCUT2D eigenvalue weighted by Crippen LogP contribution is -2.15. The van der Waals surface area contributed by atoms with E-state index in [0.717, 1.165) is 47.4 Å². The molecule has 0 radical (unpaired) electrons. The highest BCUT2D eigenvalue weighted by Gasteiger charge is 2.32. The number of hydrogen-bond donors (Lipinski definition) is 1. The number of nitrogens with zero attached hydrogens (tertiary/aromatic N) is 1. The second-order valence-corrected chi connectivity index (χ2v) is 13.9. The highest BCUT2D eigenvalue weighted by atomic mass is 79.9. The van der Waals surface area contributed by atoms with Gasteiger partial charge >= 0.3 is 11.9 Å². The maximum atomic E-state index is 12.8. The fourth-order valence-corrected chi connectivity index (χ4v) is 7.44. The summed E-state index contributed by atoms with van der Waals surface area (Å²) in [4.78, 5) is 28.7. The number of aromatic amines is 1. The minimum absolute atomic E-state index is 0.124. The summed E-state index contributed by atoms with van der Waals surface area (Å²) in [6.07, 6.45) is 3.78. The van der Waals surface area contributed by atoms with Gasteiger partial charge in [0.25, 0.3) is 0 Å². The Balaban J connectivity index is 0.000000164. The number of H-pyrrole nitrogens is 1. The smallest absolute Gasteiger partial charge is 0.317 e. The number of benzene rings is 4. The van der Waals surface area contributed by atoms with Gasteiger partial charge in [0.05, 0.1) is 28.4 Å². The first-order valence-corrected chi connectivity index (χ1v) is 17.9. The molecule has 0 spiro atoms. The standard InChI is InChI=1S/C20H18BrNO5.C19H16BrNO5/c1-22-9-14(13-5-4-12(21)8-15(13)22)18(20(23)25-3)11-6-16(24-2)19-17(7-11)26-10-27-19;1-23-15-5-10(6-16-18(15)26-9-25-16)17(19(22)24-2)13-8-21-14-7-11(20)3-4-12(13)14/h4-9,18H,10H2,1-3H3;3-8,17,21H,9H2,1-2H3. The molecule has 4 aromatic carbocycles. The molecule has 0 saturated carbocycles. The normalized spacial score (nSPS) is 13.6. The van der Waals surface area contributed by atoms with E-state index in [4.69, 9.17) is 37.9 Å². The SMILES string of the molecule is COC(=O)C(c1cc(OC)c2c(c1)OCO2)c1c[nH]c2cc(Br)ccc12.COC(=O)C(c1cc(OC)c2c(c1)OCO2)c1cn(C)c2cc(Br)ccc12. The average molecular weight is 851 g/mol. The molecule has 0 fully saturated rings. The predicted molar refractivity (Wildman–Crippen MR) is 203 cm³/mol. The number of aromatic nitrogens is 2. The molecule has 8 rings (SSSR count). The van der Waals surface area contributed by atoms with Crippen LogP contribution in [0.15, 0.2) is 82.0 Å². The van der Waals surface area contributed by atoms with Gasteiger partial charge in [0.2, 0.25) is 25.1 Å². The van der Waals surface area contributed by atoms with Crippen molar-refractivity contribution in [2.75, 3.05) is 42.0 Å². The van der Waals surface area contributed by atoms with Gasteiger partial charge < -0.3 is 47.4 Å². The molecule has 0 aliphatic carbocycles. The van der Waals surface area contributed by atoms with Crippen LogP contribution in [0.2, 0.25) is 0 Å². The molecule has 6 aromatic rings. The van der Waals surface area contributed by atoms with Crippen molar-refractivity contribution in [1.29, 1.82) is 0 Å². The van der Waals surface area contributed by atoms with Gasteiger partial charge in [-0.3, -0.25) is 9.59 Å². The number of ether oxygens (including phenoxy) is 8. The topological polar surface area (TPSA) is 129 Å². The van der Waals surface area contributed by atoms with Crippen molar-refractivity contribution >= 4 is 65.6 Å². The molecule has 1 N–H and O–H groups in total. The number of fused-ring (bicyclic) bond motifs is 4. The minimum atomic E-state index is -0.627. The number of aryl methyl sites for hydroxylation is 1. The molecular weight excluding hydrogens is 816 g/mol. The Bertz CT molecular complexity index is 2370. The van der Waals surface area contributed by atoms with Gasteiger partial charge in [0, 0.05) is 50.2 Å². The zero-order valence-corrected chi connectivity index (χ0v) is 32.5. The largest absolute Gasteiger partial charge is 0.493 e. The number of esters is 2.